The number of nitrogens with zero attached hydrogens (tertiary/aromatic N) is 1. The van der Waals surface area contributed by atoms with Gasteiger partial charge in [-0.1, -0.05) is 39.3 Å². The molecule has 0 aromatic heterocycles. The molecule has 1 nitrogen and oxygen atoms in total. The van der Waals surface area contributed by atoms with Crippen LogP contribution in [-0.4, -0.2) is 20.5 Å². The van der Waals surface area contributed by atoms with Crippen molar-refractivity contribution in [1.29, 1.82) is 0 Å². The number of halogens is 2. The van der Waals surface area contributed by atoms with Gasteiger partial charge in [0.25, 0.3) is 0 Å². The Morgan fingerprint density at radius 3 is 1.08 bits per heavy atom. The molecule has 0 heterocycles. The quantitative estimate of drug-likeness (QED) is 0.519. The average Bonchev–Trinajstić information content (AvgIpc) is 1.49. The second kappa shape index (κ2) is 3.82. The molecule has 12 heavy (non-hydrogen) atoms. The molecule has 0 unspecified atom stereocenters. The molecule has 0 aromatic carbocycles. The van der Waals surface area contributed by atoms with Crippen molar-refractivity contribution in [3.8, 4) is 0 Å². The highest BCUT2D eigenvalue weighted by molar-refractivity contribution is 7.49. The molecule has 0 aliphatic rings. The van der Waals surface area contributed by atoms with Crippen LogP contribution >= 0.6 is 8.69 Å². The smallest absolute Gasteiger partial charge is 0.273 e. The van der Waals surface area contributed by atoms with E-state index in [-0.39, 0.29) is 0 Å². The standard InChI is InChI=1S/C6H18F2NPSi2/c1-11(2,3)9(10(7)8)12(4,5)6/h1-6H3. The maximum atomic E-state index is 12.8. The first-order chi connectivity index (χ1) is 5.07. The fraction of sp³-hybridized carbons (Fsp3) is 1.00. The van der Waals surface area contributed by atoms with Crippen molar-refractivity contribution in [1.82, 2.24) is 4.00 Å². The van der Waals surface area contributed by atoms with Crippen LogP contribution in [0.25, 0.3) is 0 Å². The molecule has 6 heteroatoms. The lowest BCUT2D eigenvalue weighted by molar-refractivity contribution is 0.676. The molecular formula is C6H18F2NPSi2. The first-order valence-corrected chi connectivity index (χ1v) is 12.0. The minimum Gasteiger partial charge on any atom is -0.273 e. The van der Waals surface area contributed by atoms with Gasteiger partial charge in [-0.25, -0.2) is 0 Å². The Labute approximate surface area is 77.4 Å². The summed E-state index contributed by atoms with van der Waals surface area (Å²) in [5.74, 6) is 0. The predicted octanol–water partition coefficient (Wildman–Crippen LogP) is 4.12. The molecule has 0 saturated carbocycles. The zero-order valence-electron chi connectivity index (χ0n) is 8.65. The highest BCUT2D eigenvalue weighted by Gasteiger charge is 2.40. The molecule has 0 N–H and O–H groups in total. The van der Waals surface area contributed by atoms with Crippen LogP contribution in [0, 0.1) is 0 Å². The summed E-state index contributed by atoms with van der Waals surface area (Å²) >= 11 is 0. The van der Waals surface area contributed by atoms with Crippen molar-refractivity contribution in [3.05, 3.63) is 0 Å². The zero-order chi connectivity index (χ0) is 10.2. The van der Waals surface area contributed by atoms with Gasteiger partial charge in [-0.2, -0.15) is 8.39 Å². The Kier molecular flexibility index (Phi) is 4.04. The van der Waals surface area contributed by atoms with Gasteiger partial charge in [0.1, 0.15) is 16.5 Å². The molecule has 0 spiro atoms. The minimum absolute atomic E-state index is 1.55. The van der Waals surface area contributed by atoms with Gasteiger partial charge in [-0.05, 0) is 0 Å². The summed E-state index contributed by atoms with van der Waals surface area (Å²) in [6, 6.07) is 0. The van der Waals surface area contributed by atoms with Gasteiger partial charge >= 0.3 is 8.69 Å². The van der Waals surface area contributed by atoms with Gasteiger partial charge in [-0.15, -0.1) is 0 Å². The van der Waals surface area contributed by atoms with Crippen LogP contribution in [0.2, 0.25) is 39.3 Å². The normalized spacial score (nSPS) is 14.5. The van der Waals surface area contributed by atoms with Crippen LogP contribution in [0.4, 0.5) is 8.39 Å². The fourth-order valence-corrected chi connectivity index (χ4v) is 13.1. The van der Waals surface area contributed by atoms with Crippen molar-refractivity contribution in [2.75, 3.05) is 0 Å². The topological polar surface area (TPSA) is 3.24 Å². The fourth-order valence-electron chi connectivity index (χ4n) is 1.46. The Bertz CT molecular complexity index is 139. The molecule has 0 fully saturated rings. The van der Waals surface area contributed by atoms with Gasteiger partial charge in [0.2, 0.25) is 0 Å². The maximum absolute atomic E-state index is 12.8. The van der Waals surface area contributed by atoms with Crippen LogP contribution in [0.15, 0.2) is 0 Å². The molecule has 0 aliphatic heterocycles. The van der Waals surface area contributed by atoms with E-state index >= 15 is 0 Å². The molecule has 0 saturated heterocycles. The summed E-state index contributed by atoms with van der Waals surface area (Å²) in [4.78, 5) is 0. The second-order valence-electron chi connectivity index (χ2n) is 4.87. The van der Waals surface area contributed by atoms with E-state index in [1.807, 2.05) is 39.3 Å². The van der Waals surface area contributed by atoms with Crippen LogP contribution in [-0.2, 0) is 0 Å². The van der Waals surface area contributed by atoms with E-state index in [4.69, 9.17) is 0 Å². The number of rotatable bonds is 3. The lowest BCUT2D eigenvalue weighted by Gasteiger charge is -2.41. The largest absolute Gasteiger partial charge is 0.332 e. The zero-order valence-corrected chi connectivity index (χ0v) is 11.5. The third-order valence-corrected chi connectivity index (χ3v) is 12.8. The van der Waals surface area contributed by atoms with Gasteiger partial charge in [0.05, 0.1) is 0 Å². The molecule has 0 aromatic rings. The summed E-state index contributed by atoms with van der Waals surface area (Å²) in [5.41, 5.74) is 0. The minimum atomic E-state index is -2.88. The summed E-state index contributed by atoms with van der Waals surface area (Å²) in [7, 11) is -6.51. The first-order valence-electron chi connectivity index (χ1n) is 3.99. The highest BCUT2D eigenvalue weighted by Crippen LogP contribution is 2.49. The average molecular weight is 229 g/mol. The van der Waals surface area contributed by atoms with E-state index in [0.29, 0.717) is 0 Å². The van der Waals surface area contributed by atoms with Crippen molar-refractivity contribution < 1.29 is 8.39 Å². The van der Waals surface area contributed by atoms with Gasteiger partial charge in [0.15, 0.2) is 0 Å². The molecule has 0 rings (SSSR count). The Hall–Kier alpha value is 0.684. The summed E-state index contributed by atoms with van der Waals surface area (Å²) in [5, 5.41) is 0. The third kappa shape index (κ3) is 3.60. The van der Waals surface area contributed by atoms with E-state index in [1.54, 1.807) is 4.00 Å². The van der Waals surface area contributed by atoms with Gasteiger partial charge in [0, 0.05) is 0 Å². The SMILES string of the molecule is C[Si](C)(C)N(P(F)F)[Si](C)(C)C. The van der Waals surface area contributed by atoms with Crippen LogP contribution in [0.3, 0.4) is 0 Å². The van der Waals surface area contributed by atoms with Gasteiger partial charge in [-0.3, -0.25) is 4.00 Å². The number of hydrogen-bond donors (Lipinski definition) is 0. The highest BCUT2D eigenvalue weighted by atomic mass is 31.2. The molecule has 0 aliphatic carbocycles. The summed E-state index contributed by atoms with van der Waals surface area (Å²) in [6.07, 6.45) is 0. The molecule has 0 atom stereocenters. The van der Waals surface area contributed by atoms with Crippen LogP contribution in [0.5, 0.6) is 0 Å². The Morgan fingerprint density at radius 2 is 1.08 bits per heavy atom. The van der Waals surface area contributed by atoms with E-state index in [9.17, 15) is 8.39 Å². The van der Waals surface area contributed by atoms with E-state index in [0.717, 1.165) is 0 Å². The van der Waals surface area contributed by atoms with Crippen molar-refractivity contribution in [2.24, 2.45) is 0 Å². The van der Waals surface area contributed by atoms with Crippen molar-refractivity contribution >= 4 is 25.2 Å². The Morgan fingerprint density at radius 1 is 0.833 bits per heavy atom. The van der Waals surface area contributed by atoms with Crippen LogP contribution < -0.4 is 0 Å². The first kappa shape index (κ1) is 12.7. The van der Waals surface area contributed by atoms with Crippen molar-refractivity contribution in [2.45, 2.75) is 39.3 Å². The van der Waals surface area contributed by atoms with E-state index in [2.05, 4.69) is 0 Å². The lowest BCUT2D eigenvalue weighted by Crippen LogP contribution is -2.54. The van der Waals surface area contributed by atoms with E-state index in [1.165, 1.54) is 0 Å². The molecule has 74 valence electrons. The Balaban J connectivity index is 4.70. The molecule has 0 bridgehead atoms. The number of hydrogen-bond acceptors (Lipinski definition) is 1. The van der Waals surface area contributed by atoms with Crippen LogP contribution in [0.1, 0.15) is 0 Å². The summed E-state index contributed by atoms with van der Waals surface area (Å²) < 4.78 is 27.1. The third-order valence-electron chi connectivity index (χ3n) is 1.42. The second-order valence-corrected chi connectivity index (χ2v) is 16.5. The molecule has 0 amide bonds. The van der Waals surface area contributed by atoms with Crippen molar-refractivity contribution in [3.63, 3.8) is 0 Å². The maximum Gasteiger partial charge on any atom is 0.332 e. The van der Waals surface area contributed by atoms with Gasteiger partial charge < -0.3 is 0 Å². The molecular weight excluding hydrogens is 211 g/mol. The summed E-state index contributed by atoms with van der Waals surface area (Å²) in [6.45, 7) is 11.9. The lowest BCUT2D eigenvalue weighted by atomic mass is 11.8. The van der Waals surface area contributed by atoms with E-state index < -0.39 is 25.2 Å². The molecule has 0 radical (unpaired) electrons. The monoisotopic (exact) mass is 229 g/mol. The predicted molar refractivity (Wildman–Crippen MR) is 57.7 cm³/mol.